The van der Waals surface area contributed by atoms with Crippen LogP contribution in [0.15, 0.2) is 36.4 Å². The number of benzene rings is 1. The molecule has 0 aliphatic heterocycles. The summed E-state index contributed by atoms with van der Waals surface area (Å²) in [6.45, 7) is 4.06. The predicted molar refractivity (Wildman–Crippen MR) is 86.8 cm³/mol. The Labute approximate surface area is 135 Å². The highest BCUT2D eigenvalue weighted by molar-refractivity contribution is 5.81. The molecule has 122 valence electrons. The van der Waals surface area contributed by atoms with Gasteiger partial charge in [-0.05, 0) is 26.0 Å². The van der Waals surface area contributed by atoms with Crippen LogP contribution in [-0.4, -0.2) is 30.1 Å². The van der Waals surface area contributed by atoms with Crippen molar-refractivity contribution < 1.29 is 19.1 Å². The van der Waals surface area contributed by atoms with Gasteiger partial charge in [-0.15, -0.1) is 0 Å². The number of rotatable bonds is 7. The monoisotopic (exact) mass is 315 g/mol. The fraction of sp³-hybridized carbons (Fsp3) is 0.389. The molecule has 1 heterocycles. The van der Waals surface area contributed by atoms with Gasteiger partial charge in [-0.2, -0.15) is 0 Å². The third-order valence-corrected chi connectivity index (χ3v) is 3.45. The molecule has 23 heavy (non-hydrogen) atoms. The van der Waals surface area contributed by atoms with Gasteiger partial charge in [0.2, 0.25) is 0 Å². The molecule has 2 rings (SSSR count). The number of ether oxygens (including phenoxy) is 2. The summed E-state index contributed by atoms with van der Waals surface area (Å²) in [5.41, 5.74) is 1.62. The Kier molecular flexibility index (Phi) is 6.09. The van der Waals surface area contributed by atoms with Crippen molar-refractivity contribution in [3.05, 3.63) is 42.1 Å². The minimum atomic E-state index is -0.581. The zero-order chi connectivity index (χ0) is 16.7. The minimum absolute atomic E-state index is 0.00117. The largest absolute Gasteiger partial charge is 0.466 e. The Morgan fingerprint density at radius 1 is 1.04 bits per heavy atom. The maximum Gasteiger partial charge on any atom is 0.309 e. The molecule has 0 aliphatic rings. The molecule has 5 heteroatoms. The number of aromatic nitrogens is 1. The van der Waals surface area contributed by atoms with Crippen molar-refractivity contribution in [3.63, 3.8) is 0 Å². The number of pyridine rings is 1. The maximum atomic E-state index is 12.1. The summed E-state index contributed by atoms with van der Waals surface area (Å²) in [5, 5.41) is 1.04. The third-order valence-electron chi connectivity index (χ3n) is 3.45. The highest BCUT2D eigenvalue weighted by Crippen LogP contribution is 2.17. The van der Waals surface area contributed by atoms with Crippen LogP contribution in [0, 0.1) is 5.92 Å². The second-order valence-electron chi connectivity index (χ2n) is 5.16. The zero-order valence-corrected chi connectivity index (χ0v) is 13.5. The molecule has 0 amide bonds. The highest BCUT2D eigenvalue weighted by atomic mass is 16.5. The van der Waals surface area contributed by atoms with Crippen LogP contribution in [0.1, 0.15) is 26.0 Å². The van der Waals surface area contributed by atoms with E-state index in [1.807, 2.05) is 36.4 Å². The standard InChI is InChI=1S/C18H21NO4/c1-3-22-17(20)12-14(18(21)23-4-2)11-15-10-9-13-7-5-6-8-16(13)19-15/h5-10,14H,3-4,11-12H2,1-2H3. The number of carbonyl (C=O) groups excluding carboxylic acids is 2. The first kappa shape index (κ1) is 16.9. The normalized spacial score (nSPS) is 11.9. The van der Waals surface area contributed by atoms with Crippen LogP contribution in [-0.2, 0) is 25.5 Å². The molecule has 1 atom stereocenters. The summed E-state index contributed by atoms with van der Waals surface area (Å²) in [6.07, 6.45) is 0.351. The SMILES string of the molecule is CCOC(=O)CC(Cc1ccc2ccccc2n1)C(=O)OCC. The van der Waals surface area contributed by atoms with E-state index in [1.54, 1.807) is 13.8 Å². The van der Waals surface area contributed by atoms with Crippen molar-refractivity contribution in [3.8, 4) is 0 Å². The fourth-order valence-corrected chi connectivity index (χ4v) is 2.39. The summed E-state index contributed by atoms with van der Waals surface area (Å²) >= 11 is 0. The molecule has 0 radical (unpaired) electrons. The number of hydrogen-bond donors (Lipinski definition) is 0. The molecule has 1 aromatic carbocycles. The molecule has 0 bridgehead atoms. The summed E-state index contributed by atoms with van der Waals surface area (Å²) < 4.78 is 10.0. The van der Waals surface area contributed by atoms with Crippen molar-refractivity contribution in [2.24, 2.45) is 5.92 Å². The predicted octanol–water partition coefficient (Wildman–Crippen LogP) is 2.91. The highest BCUT2D eigenvalue weighted by Gasteiger charge is 2.25. The zero-order valence-electron chi connectivity index (χ0n) is 13.5. The van der Waals surface area contributed by atoms with Gasteiger partial charge in [0.05, 0.1) is 31.1 Å². The van der Waals surface area contributed by atoms with Gasteiger partial charge in [0, 0.05) is 17.5 Å². The first-order valence-corrected chi connectivity index (χ1v) is 7.81. The molecular formula is C18H21NO4. The third kappa shape index (κ3) is 4.77. The lowest BCUT2D eigenvalue weighted by Crippen LogP contribution is -2.24. The molecule has 0 aliphatic carbocycles. The van der Waals surface area contributed by atoms with E-state index in [-0.39, 0.29) is 13.0 Å². The molecule has 0 saturated heterocycles. The van der Waals surface area contributed by atoms with Crippen molar-refractivity contribution in [2.45, 2.75) is 26.7 Å². The van der Waals surface area contributed by atoms with Crippen LogP contribution >= 0.6 is 0 Å². The molecule has 5 nitrogen and oxygen atoms in total. The van der Waals surface area contributed by atoms with Crippen LogP contribution in [0.2, 0.25) is 0 Å². The van der Waals surface area contributed by atoms with Crippen molar-refractivity contribution in [1.82, 2.24) is 4.98 Å². The lowest BCUT2D eigenvalue weighted by Gasteiger charge is -2.14. The van der Waals surface area contributed by atoms with Crippen LogP contribution in [0.4, 0.5) is 0 Å². The number of nitrogens with zero attached hydrogens (tertiary/aromatic N) is 1. The van der Waals surface area contributed by atoms with E-state index in [2.05, 4.69) is 4.98 Å². The van der Waals surface area contributed by atoms with Crippen LogP contribution < -0.4 is 0 Å². The van der Waals surface area contributed by atoms with Gasteiger partial charge in [-0.3, -0.25) is 14.6 Å². The van der Waals surface area contributed by atoms with Gasteiger partial charge >= 0.3 is 11.9 Å². The fourth-order valence-electron chi connectivity index (χ4n) is 2.39. The van der Waals surface area contributed by atoms with E-state index in [9.17, 15) is 9.59 Å². The Hall–Kier alpha value is -2.43. The minimum Gasteiger partial charge on any atom is -0.466 e. The topological polar surface area (TPSA) is 65.5 Å². The average molecular weight is 315 g/mol. The van der Waals surface area contributed by atoms with E-state index in [0.717, 1.165) is 16.6 Å². The second-order valence-corrected chi connectivity index (χ2v) is 5.16. The average Bonchev–Trinajstić information content (AvgIpc) is 2.54. The van der Waals surface area contributed by atoms with Crippen molar-refractivity contribution >= 4 is 22.8 Å². The lowest BCUT2D eigenvalue weighted by molar-refractivity contribution is -0.154. The van der Waals surface area contributed by atoms with Gasteiger partial charge in [0.1, 0.15) is 0 Å². The summed E-state index contributed by atoms with van der Waals surface area (Å²) in [5.74, 6) is -1.37. The van der Waals surface area contributed by atoms with E-state index in [4.69, 9.17) is 9.47 Å². The van der Waals surface area contributed by atoms with Crippen molar-refractivity contribution in [2.75, 3.05) is 13.2 Å². The van der Waals surface area contributed by atoms with Gasteiger partial charge in [0.25, 0.3) is 0 Å². The summed E-state index contributed by atoms with van der Waals surface area (Å²) in [6, 6.07) is 11.6. The Morgan fingerprint density at radius 2 is 1.78 bits per heavy atom. The van der Waals surface area contributed by atoms with Crippen LogP contribution in [0.3, 0.4) is 0 Å². The second kappa shape index (κ2) is 8.27. The smallest absolute Gasteiger partial charge is 0.309 e. The number of fused-ring (bicyclic) bond motifs is 1. The van der Waals surface area contributed by atoms with E-state index >= 15 is 0 Å². The van der Waals surface area contributed by atoms with Gasteiger partial charge in [-0.25, -0.2) is 0 Å². The van der Waals surface area contributed by atoms with E-state index in [0.29, 0.717) is 13.0 Å². The Morgan fingerprint density at radius 3 is 2.52 bits per heavy atom. The molecule has 1 unspecified atom stereocenters. The number of para-hydroxylation sites is 1. The molecule has 2 aromatic rings. The quantitative estimate of drug-likeness (QED) is 0.735. The number of carbonyl (C=O) groups is 2. The summed E-state index contributed by atoms with van der Waals surface area (Å²) in [4.78, 5) is 28.4. The van der Waals surface area contributed by atoms with E-state index < -0.39 is 17.9 Å². The Bertz CT molecular complexity index is 684. The Balaban J connectivity index is 2.16. The molecule has 0 spiro atoms. The molecule has 1 aromatic heterocycles. The first-order chi connectivity index (χ1) is 11.1. The molecule has 0 N–H and O–H groups in total. The van der Waals surface area contributed by atoms with Gasteiger partial charge in [0.15, 0.2) is 0 Å². The lowest BCUT2D eigenvalue weighted by atomic mass is 9.98. The first-order valence-electron chi connectivity index (χ1n) is 7.81. The van der Waals surface area contributed by atoms with E-state index in [1.165, 1.54) is 0 Å². The maximum absolute atomic E-state index is 12.1. The van der Waals surface area contributed by atoms with Gasteiger partial charge < -0.3 is 9.47 Å². The molecular weight excluding hydrogens is 294 g/mol. The number of hydrogen-bond acceptors (Lipinski definition) is 5. The van der Waals surface area contributed by atoms with Crippen LogP contribution in [0.5, 0.6) is 0 Å². The molecule has 0 fully saturated rings. The van der Waals surface area contributed by atoms with Crippen molar-refractivity contribution in [1.29, 1.82) is 0 Å². The van der Waals surface area contributed by atoms with Gasteiger partial charge in [-0.1, -0.05) is 24.3 Å². The number of esters is 2. The molecule has 0 saturated carbocycles. The summed E-state index contributed by atoms with van der Waals surface area (Å²) in [7, 11) is 0. The van der Waals surface area contributed by atoms with Crippen LogP contribution in [0.25, 0.3) is 10.9 Å².